The minimum atomic E-state index is -2.96. The summed E-state index contributed by atoms with van der Waals surface area (Å²) < 4.78 is 22.0. The van der Waals surface area contributed by atoms with Gasteiger partial charge < -0.3 is 5.32 Å². The molecule has 0 aromatic heterocycles. The van der Waals surface area contributed by atoms with Crippen molar-refractivity contribution in [2.75, 3.05) is 18.6 Å². The van der Waals surface area contributed by atoms with E-state index in [1.165, 1.54) is 6.26 Å². The summed E-state index contributed by atoms with van der Waals surface area (Å²) in [7, 11) is -2.96. The van der Waals surface area contributed by atoms with Crippen molar-refractivity contribution in [2.45, 2.75) is 26.7 Å². The molecule has 1 rings (SSSR count). The molecule has 4 nitrogen and oxygen atoms in total. The van der Waals surface area contributed by atoms with Gasteiger partial charge in [0, 0.05) is 18.4 Å². The summed E-state index contributed by atoms with van der Waals surface area (Å²) in [5, 5.41) is 2.75. The second-order valence-corrected chi connectivity index (χ2v) is 7.80. The number of rotatable bonds is 7. The van der Waals surface area contributed by atoms with E-state index in [4.69, 9.17) is 0 Å². The highest BCUT2D eigenvalue weighted by Gasteiger charge is 2.07. The molecule has 0 bridgehead atoms. The van der Waals surface area contributed by atoms with Gasteiger partial charge in [0.05, 0.1) is 5.75 Å². The van der Waals surface area contributed by atoms with Crippen molar-refractivity contribution in [3.63, 3.8) is 0 Å². The van der Waals surface area contributed by atoms with Gasteiger partial charge in [-0.05, 0) is 36.5 Å². The van der Waals surface area contributed by atoms with E-state index in [0.717, 1.165) is 12.0 Å². The van der Waals surface area contributed by atoms with Gasteiger partial charge in [-0.3, -0.25) is 4.79 Å². The lowest BCUT2D eigenvalue weighted by Gasteiger charge is -2.08. The molecule has 112 valence electrons. The van der Waals surface area contributed by atoms with Crippen LogP contribution in [-0.2, 0) is 16.3 Å². The van der Waals surface area contributed by atoms with Crippen LogP contribution in [0.1, 0.15) is 36.2 Å². The van der Waals surface area contributed by atoms with Crippen molar-refractivity contribution in [3.8, 4) is 0 Å². The molecular weight excluding hydrogens is 274 g/mol. The molecule has 20 heavy (non-hydrogen) atoms. The van der Waals surface area contributed by atoms with E-state index in [0.29, 0.717) is 24.4 Å². The number of benzene rings is 1. The van der Waals surface area contributed by atoms with E-state index in [9.17, 15) is 13.2 Å². The minimum absolute atomic E-state index is 0.0979. The van der Waals surface area contributed by atoms with Gasteiger partial charge in [-0.15, -0.1) is 0 Å². The zero-order valence-corrected chi connectivity index (χ0v) is 13.2. The summed E-state index contributed by atoms with van der Waals surface area (Å²) in [6, 6.07) is 7.56. The Kier molecular flexibility index (Phi) is 6.20. The van der Waals surface area contributed by atoms with Crippen LogP contribution in [0.15, 0.2) is 24.3 Å². The van der Waals surface area contributed by atoms with E-state index >= 15 is 0 Å². The number of sulfone groups is 1. The SMILES string of the molecule is CC(C)Cc1cccc(C(=O)NCCCS(C)(=O)=O)c1. The first kappa shape index (κ1) is 16.7. The molecule has 5 heteroatoms. The molecule has 0 heterocycles. The van der Waals surface area contributed by atoms with Crippen LogP contribution in [0.3, 0.4) is 0 Å². The first-order valence-electron chi connectivity index (χ1n) is 6.83. The Morgan fingerprint density at radius 1 is 1.30 bits per heavy atom. The Morgan fingerprint density at radius 3 is 2.60 bits per heavy atom. The van der Waals surface area contributed by atoms with E-state index in [1.807, 2.05) is 18.2 Å². The van der Waals surface area contributed by atoms with E-state index < -0.39 is 9.84 Å². The monoisotopic (exact) mass is 297 g/mol. The number of hydrogen-bond acceptors (Lipinski definition) is 3. The number of nitrogens with one attached hydrogen (secondary N) is 1. The zero-order valence-electron chi connectivity index (χ0n) is 12.3. The molecule has 0 radical (unpaired) electrons. The van der Waals surface area contributed by atoms with Crippen molar-refractivity contribution in [1.82, 2.24) is 5.32 Å². The van der Waals surface area contributed by atoms with Crippen LogP contribution >= 0.6 is 0 Å². The lowest BCUT2D eigenvalue weighted by atomic mass is 10.0. The average Bonchev–Trinajstić information content (AvgIpc) is 2.32. The topological polar surface area (TPSA) is 63.2 Å². The molecule has 1 amide bonds. The van der Waals surface area contributed by atoms with Gasteiger partial charge in [0.2, 0.25) is 0 Å². The highest BCUT2D eigenvalue weighted by atomic mass is 32.2. The summed E-state index contributed by atoms with van der Waals surface area (Å²) in [5.41, 5.74) is 1.77. The first-order chi connectivity index (χ1) is 9.28. The summed E-state index contributed by atoms with van der Waals surface area (Å²) in [4.78, 5) is 11.9. The predicted molar refractivity (Wildman–Crippen MR) is 81.6 cm³/mol. The molecule has 0 saturated heterocycles. The fourth-order valence-corrected chi connectivity index (χ4v) is 2.62. The van der Waals surface area contributed by atoms with E-state index in [1.54, 1.807) is 6.07 Å². The molecule has 0 aliphatic carbocycles. The van der Waals surface area contributed by atoms with Gasteiger partial charge in [-0.2, -0.15) is 0 Å². The fourth-order valence-electron chi connectivity index (χ4n) is 1.95. The van der Waals surface area contributed by atoms with E-state index in [2.05, 4.69) is 19.2 Å². The highest BCUT2D eigenvalue weighted by molar-refractivity contribution is 7.90. The van der Waals surface area contributed by atoms with E-state index in [-0.39, 0.29) is 11.7 Å². The molecule has 0 atom stereocenters. The van der Waals surface area contributed by atoms with Crippen molar-refractivity contribution in [3.05, 3.63) is 35.4 Å². The van der Waals surface area contributed by atoms with Crippen molar-refractivity contribution < 1.29 is 13.2 Å². The van der Waals surface area contributed by atoms with Crippen LogP contribution in [0, 0.1) is 5.92 Å². The Morgan fingerprint density at radius 2 is 2.00 bits per heavy atom. The number of amides is 1. The molecule has 0 aliphatic heterocycles. The lowest BCUT2D eigenvalue weighted by molar-refractivity contribution is 0.0953. The van der Waals surface area contributed by atoms with Gasteiger partial charge in [0.1, 0.15) is 9.84 Å². The summed E-state index contributed by atoms with van der Waals surface area (Å²) in [6.07, 6.45) is 2.58. The van der Waals surface area contributed by atoms with Gasteiger partial charge in [-0.1, -0.05) is 26.0 Å². The molecule has 1 aromatic carbocycles. The molecule has 0 saturated carbocycles. The Labute approximate surface area is 121 Å². The maximum absolute atomic E-state index is 11.9. The van der Waals surface area contributed by atoms with Crippen LogP contribution in [0.2, 0.25) is 0 Å². The van der Waals surface area contributed by atoms with Crippen molar-refractivity contribution in [1.29, 1.82) is 0 Å². The lowest BCUT2D eigenvalue weighted by Crippen LogP contribution is -2.26. The maximum atomic E-state index is 11.9. The minimum Gasteiger partial charge on any atom is -0.352 e. The molecule has 1 aromatic rings. The summed E-state index contributed by atoms with van der Waals surface area (Å²) >= 11 is 0. The van der Waals surface area contributed by atoms with Gasteiger partial charge in [-0.25, -0.2) is 8.42 Å². The van der Waals surface area contributed by atoms with Crippen LogP contribution in [0.25, 0.3) is 0 Å². The highest BCUT2D eigenvalue weighted by Crippen LogP contribution is 2.10. The quantitative estimate of drug-likeness (QED) is 0.783. The maximum Gasteiger partial charge on any atom is 0.251 e. The molecule has 0 unspecified atom stereocenters. The summed E-state index contributed by atoms with van der Waals surface area (Å²) in [5.74, 6) is 0.493. The third kappa shape index (κ3) is 6.70. The number of carbonyl (C=O) groups is 1. The van der Waals surface area contributed by atoms with Crippen molar-refractivity contribution in [2.24, 2.45) is 5.92 Å². The van der Waals surface area contributed by atoms with Gasteiger partial charge >= 0.3 is 0 Å². The molecule has 0 spiro atoms. The Hall–Kier alpha value is -1.36. The van der Waals surface area contributed by atoms with Gasteiger partial charge in [0.25, 0.3) is 5.91 Å². The van der Waals surface area contributed by atoms with Crippen LogP contribution < -0.4 is 5.32 Å². The largest absolute Gasteiger partial charge is 0.352 e. The standard InChI is InChI=1S/C15H23NO3S/c1-12(2)10-13-6-4-7-14(11-13)15(17)16-8-5-9-20(3,18)19/h4,6-7,11-12H,5,8-10H2,1-3H3,(H,16,17). The molecule has 1 N–H and O–H groups in total. The third-order valence-corrected chi connectivity index (χ3v) is 3.84. The Bertz CT molecular complexity index is 550. The first-order valence-corrected chi connectivity index (χ1v) is 8.89. The molecule has 0 aliphatic rings. The smallest absolute Gasteiger partial charge is 0.251 e. The van der Waals surface area contributed by atoms with Gasteiger partial charge in [0.15, 0.2) is 0 Å². The normalized spacial score (nSPS) is 11.6. The van der Waals surface area contributed by atoms with Crippen LogP contribution in [-0.4, -0.2) is 32.9 Å². The molecular formula is C15H23NO3S. The third-order valence-electron chi connectivity index (χ3n) is 2.81. The predicted octanol–water partition coefficient (Wildman–Crippen LogP) is 2.05. The Balaban J connectivity index is 2.51. The number of hydrogen-bond donors (Lipinski definition) is 1. The fraction of sp³-hybridized carbons (Fsp3) is 0.533. The van der Waals surface area contributed by atoms with Crippen molar-refractivity contribution >= 4 is 15.7 Å². The second kappa shape index (κ2) is 7.43. The number of carbonyl (C=O) groups excluding carboxylic acids is 1. The summed E-state index contributed by atoms with van der Waals surface area (Å²) in [6.45, 7) is 4.65. The molecule has 0 fully saturated rings. The van der Waals surface area contributed by atoms with Crippen LogP contribution in [0.4, 0.5) is 0 Å². The van der Waals surface area contributed by atoms with Crippen LogP contribution in [0.5, 0.6) is 0 Å². The zero-order chi connectivity index (χ0) is 15.2. The average molecular weight is 297 g/mol. The second-order valence-electron chi connectivity index (χ2n) is 5.54.